The van der Waals surface area contributed by atoms with Crippen molar-refractivity contribution in [1.82, 2.24) is 4.90 Å². The minimum Gasteiger partial charge on any atom is -0.331 e. The second-order valence-corrected chi connectivity index (χ2v) is 4.21. The van der Waals surface area contributed by atoms with Gasteiger partial charge in [-0.1, -0.05) is 30.3 Å². The Labute approximate surface area is 110 Å². The third kappa shape index (κ3) is 4.43. The van der Waals surface area contributed by atoms with Gasteiger partial charge in [-0.05, 0) is 24.5 Å². The van der Waals surface area contributed by atoms with Gasteiger partial charge in [0.25, 0.3) is 0 Å². The molecule has 0 bridgehead atoms. The lowest BCUT2D eigenvalue weighted by atomic mass is 10.1. The molecule has 0 fully saturated rings. The highest BCUT2D eigenvalue weighted by atomic mass is 19.4. The Morgan fingerprint density at radius 2 is 2.00 bits per heavy atom. The van der Waals surface area contributed by atoms with Crippen molar-refractivity contribution in [3.05, 3.63) is 48.0 Å². The molecule has 0 heterocycles. The molecule has 0 aliphatic heterocycles. The highest BCUT2D eigenvalue weighted by Gasteiger charge is 2.41. The Balaban J connectivity index is 2.73. The number of amides is 1. The van der Waals surface area contributed by atoms with Gasteiger partial charge in [0.15, 0.2) is 0 Å². The number of nitrogens with zero attached hydrogens (tertiary/aromatic N) is 1. The molecule has 0 aromatic heterocycles. The van der Waals surface area contributed by atoms with Crippen LogP contribution in [0.2, 0.25) is 0 Å². The Hall–Kier alpha value is -1.78. The van der Waals surface area contributed by atoms with Crippen LogP contribution in [0.25, 0.3) is 0 Å². The van der Waals surface area contributed by atoms with Gasteiger partial charge in [0.2, 0.25) is 0 Å². The summed E-state index contributed by atoms with van der Waals surface area (Å²) in [5, 5.41) is 0. The topological polar surface area (TPSA) is 20.3 Å². The van der Waals surface area contributed by atoms with E-state index in [1.54, 1.807) is 0 Å². The zero-order valence-corrected chi connectivity index (χ0v) is 10.7. The summed E-state index contributed by atoms with van der Waals surface area (Å²) in [6.45, 7) is 5.18. The van der Waals surface area contributed by atoms with Gasteiger partial charge < -0.3 is 4.90 Å². The van der Waals surface area contributed by atoms with Crippen molar-refractivity contribution in [2.45, 2.75) is 19.5 Å². The van der Waals surface area contributed by atoms with Crippen LogP contribution in [-0.4, -0.2) is 30.1 Å². The van der Waals surface area contributed by atoms with Gasteiger partial charge in [-0.3, -0.25) is 4.79 Å². The number of aryl methyl sites for hydroxylation is 1. The minimum atomic E-state index is -4.84. The number of carbonyl (C=O) groups excluding carboxylic acids is 1. The van der Waals surface area contributed by atoms with E-state index in [1.807, 2.05) is 31.2 Å². The largest absolute Gasteiger partial charge is 0.471 e. The number of carbonyl (C=O) groups is 1. The molecule has 1 aromatic carbocycles. The van der Waals surface area contributed by atoms with Crippen molar-refractivity contribution in [2.75, 3.05) is 13.1 Å². The van der Waals surface area contributed by atoms with Gasteiger partial charge in [0.05, 0.1) is 0 Å². The Kier molecular flexibility index (Phi) is 5.15. The van der Waals surface area contributed by atoms with Crippen LogP contribution in [0.3, 0.4) is 0 Å². The van der Waals surface area contributed by atoms with Crippen LogP contribution in [0.15, 0.2) is 36.9 Å². The predicted molar refractivity (Wildman–Crippen MR) is 67.7 cm³/mol. The van der Waals surface area contributed by atoms with E-state index in [2.05, 4.69) is 6.58 Å². The number of halogens is 3. The summed E-state index contributed by atoms with van der Waals surface area (Å²) >= 11 is 0. The van der Waals surface area contributed by atoms with Crippen LogP contribution < -0.4 is 0 Å². The van der Waals surface area contributed by atoms with Crippen LogP contribution in [0, 0.1) is 6.92 Å². The molecule has 0 atom stereocenters. The summed E-state index contributed by atoms with van der Waals surface area (Å²) in [5.74, 6) is -1.82. The molecule has 104 valence electrons. The summed E-state index contributed by atoms with van der Waals surface area (Å²) in [6, 6.07) is 7.42. The molecular formula is C14H16F3NO. The molecular weight excluding hydrogens is 255 g/mol. The maximum absolute atomic E-state index is 12.4. The first-order valence-electron chi connectivity index (χ1n) is 5.87. The molecule has 1 rings (SSSR count). The maximum Gasteiger partial charge on any atom is 0.471 e. The van der Waals surface area contributed by atoms with E-state index < -0.39 is 12.1 Å². The zero-order valence-electron chi connectivity index (χ0n) is 10.7. The second kappa shape index (κ2) is 6.41. The number of alkyl halides is 3. The zero-order chi connectivity index (χ0) is 14.5. The summed E-state index contributed by atoms with van der Waals surface area (Å²) in [4.78, 5) is 12.0. The highest BCUT2D eigenvalue weighted by molar-refractivity contribution is 5.82. The van der Waals surface area contributed by atoms with Gasteiger partial charge in [-0.25, -0.2) is 0 Å². The molecule has 0 N–H and O–H groups in total. The van der Waals surface area contributed by atoms with E-state index in [1.165, 1.54) is 6.08 Å². The average molecular weight is 271 g/mol. The van der Waals surface area contributed by atoms with Crippen LogP contribution in [0.5, 0.6) is 0 Å². The predicted octanol–water partition coefficient (Wildman–Crippen LogP) is 3.11. The molecule has 1 aromatic rings. The number of hydrogen-bond donors (Lipinski definition) is 0. The summed E-state index contributed by atoms with van der Waals surface area (Å²) in [7, 11) is 0. The Morgan fingerprint density at radius 3 is 2.53 bits per heavy atom. The van der Waals surface area contributed by atoms with E-state index >= 15 is 0 Å². The molecule has 5 heteroatoms. The van der Waals surface area contributed by atoms with Crippen LogP contribution in [-0.2, 0) is 11.2 Å². The van der Waals surface area contributed by atoms with E-state index in [0.717, 1.165) is 16.0 Å². The molecule has 0 saturated heterocycles. The fourth-order valence-electron chi connectivity index (χ4n) is 1.76. The molecule has 19 heavy (non-hydrogen) atoms. The van der Waals surface area contributed by atoms with Crippen molar-refractivity contribution in [1.29, 1.82) is 0 Å². The van der Waals surface area contributed by atoms with Crippen molar-refractivity contribution >= 4 is 5.91 Å². The Morgan fingerprint density at radius 1 is 1.37 bits per heavy atom. The SMILES string of the molecule is C=CCN(CCc1ccccc1C)C(=O)C(F)(F)F. The first kappa shape index (κ1) is 15.3. The average Bonchev–Trinajstić information content (AvgIpc) is 2.34. The van der Waals surface area contributed by atoms with Gasteiger partial charge in [0, 0.05) is 13.1 Å². The van der Waals surface area contributed by atoms with Crippen molar-refractivity contribution < 1.29 is 18.0 Å². The molecule has 0 radical (unpaired) electrons. The van der Waals surface area contributed by atoms with Crippen LogP contribution >= 0.6 is 0 Å². The summed E-state index contributed by atoms with van der Waals surface area (Å²) in [5.41, 5.74) is 1.94. The standard InChI is InChI=1S/C14H16F3NO/c1-3-9-18(13(19)14(15,16)17)10-8-12-7-5-4-6-11(12)2/h3-7H,1,8-10H2,2H3. The van der Waals surface area contributed by atoms with Crippen molar-refractivity contribution in [3.8, 4) is 0 Å². The maximum atomic E-state index is 12.4. The summed E-state index contributed by atoms with van der Waals surface area (Å²) in [6.07, 6.45) is -3.15. The van der Waals surface area contributed by atoms with E-state index in [0.29, 0.717) is 6.42 Å². The van der Waals surface area contributed by atoms with E-state index in [9.17, 15) is 18.0 Å². The molecule has 0 saturated carbocycles. The molecule has 0 aliphatic rings. The van der Waals surface area contributed by atoms with Crippen LogP contribution in [0.4, 0.5) is 13.2 Å². The molecule has 0 unspecified atom stereocenters. The highest BCUT2D eigenvalue weighted by Crippen LogP contribution is 2.19. The fourth-order valence-corrected chi connectivity index (χ4v) is 1.76. The molecule has 0 spiro atoms. The third-order valence-corrected chi connectivity index (χ3v) is 2.79. The fraction of sp³-hybridized carbons (Fsp3) is 0.357. The normalized spacial score (nSPS) is 11.2. The minimum absolute atomic E-state index is 0.0230. The second-order valence-electron chi connectivity index (χ2n) is 4.21. The quantitative estimate of drug-likeness (QED) is 0.753. The first-order valence-corrected chi connectivity index (χ1v) is 5.87. The lowest BCUT2D eigenvalue weighted by Crippen LogP contribution is -2.42. The van der Waals surface area contributed by atoms with Crippen molar-refractivity contribution in [2.24, 2.45) is 0 Å². The van der Waals surface area contributed by atoms with Crippen molar-refractivity contribution in [3.63, 3.8) is 0 Å². The molecule has 0 aliphatic carbocycles. The van der Waals surface area contributed by atoms with Gasteiger partial charge in [-0.15, -0.1) is 6.58 Å². The third-order valence-electron chi connectivity index (χ3n) is 2.79. The monoisotopic (exact) mass is 271 g/mol. The van der Waals surface area contributed by atoms with Gasteiger partial charge >= 0.3 is 12.1 Å². The van der Waals surface area contributed by atoms with Crippen LogP contribution in [0.1, 0.15) is 11.1 Å². The summed E-state index contributed by atoms with van der Waals surface area (Å²) < 4.78 is 37.2. The lowest BCUT2D eigenvalue weighted by molar-refractivity contribution is -0.184. The van der Waals surface area contributed by atoms with E-state index in [4.69, 9.17) is 0 Å². The number of rotatable bonds is 5. The number of hydrogen-bond acceptors (Lipinski definition) is 1. The van der Waals surface area contributed by atoms with Gasteiger partial charge in [-0.2, -0.15) is 13.2 Å². The van der Waals surface area contributed by atoms with E-state index in [-0.39, 0.29) is 13.1 Å². The molecule has 2 nitrogen and oxygen atoms in total. The molecule has 1 amide bonds. The van der Waals surface area contributed by atoms with Gasteiger partial charge in [0.1, 0.15) is 0 Å². The smallest absolute Gasteiger partial charge is 0.331 e. The Bertz CT molecular complexity index is 454. The number of benzene rings is 1. The lowest BCUT2D eigenvalue weighted by Gasteiger charge is -2.22. The first-order chi connectivity index (χ1) is 8.86.